The maximum Gasteiger partial charge on any atom is 0.0346 e. The molecule has 0 fully saturated rings. The lowest BCUT2D eigenvalue weighted by Gasteiger charge is -2.10. The Hall–Kier alpha value is -0.160. The second-order valence-corrected chi connectivity index (χ2v) is 1.68. The lowest BCUT2D eigenvalue weighted by atomic mass is 10.2. The third-order valence-electron chi connectivity index (χ3n) is 1.09. The molecule has 0 saturated heterocycles. The van der Waals surface area contributed by atoms with Crippen LogP contribution >= 0.6 is 0 Å². The van der Waals surface area contributed by atoms with Crippen LogP contribution in [0.2, 0.25) is 0 Å². The number of nitrogens with one attached hydrogen (secondary N) is 2. The molecule has 4 heteroatoms. The Morgan fingerprint density at radius 3 is 2.25 bits per heavy atom. The van der Waals surface area contributed by atoms with E-state index < -0.39 is 0 Å². The van der Waals surface area contributed by atoms with E-state index in [-0.39, 0.29) is 0 Å². The summed E-state index contributed by atoms with van der Waals surface area (Å²) in [4.78, 5) is 0. The van der Waals surface area contributed by atoms with Crippen molar-refractivity contribution in [2.75, 3.05) is 6.54 Å². The molecular formula is C4H14N4. The summed E-state index contributed by atoms with van der Waals surface area (Å²) in [5.41, 5.74) is 5.14. The zero-order chi connectivity index (χ0) is 6.41. The van der Waals surface area contributed by atoms with Crippen molar-refractivity contribution in [3.63, 3.8) is 0 Å². The molecule has 1 unspecified atom stereocenters. The molecule has 0 rings (SSSR count). The van der Waals surface area contributed by atoms with Crippen molar-refractivity contribution in [2.24, 2.45) is 11.7 Å². The summed E-state index contributed by atoms with van der Waals surface area (Å²) in [5.74, 6) is 10.2. The van der Waals surface area contributed by atoms with Gasteiger partial charge in [0.25, 0.3) is 0 Å². The summed E-state index contributed by atoms with van der Waals surface area (Å²) in [6.45, 7) is 2.76. The van der Waals surface area contributed by atoms with Crippen molar-refractivity contribution >= 4 is 0 Å². The van der Waals surface area contributed by atoms with Crippen molar-refractivity contribution in [1.82, 2.24) is 10.9 Å². The van der Waals surface area contributed by atoms with E-state index in [1.165, 1.54) is 0 Å². The van der Waals surface area contributed by atoms with Crippen molar-refractivity contribution in [2.45, 2.75) is 19.4 Å². The average Bonchev–Trinajstić information content (AvgIpc) is 1.83. The molecule has 0 aliphatic carbocycles. The molecule has 4 nitrogen and oxygen atoms in total. The average molecular weight is 118 g/mol. The molecule has 0 aliphatic heterocycles. The normalized spacial score (nSPS) is 13.9. The lowest BCUT2D eigenvalue weighted by molar-refractivity contribution is 0.479. The number of hydrazine groups is 2. The molecule has 0 aliphatic rings. The van der Waals surface area contributed by atoms with Crippen LogP contribution in [0, 0.1) is 0 Å². The fourth-order valence-electron chi connectivity index (χ4n) is 0.463. The van der Waals surface area contributed by atoms with Crippen molar-refractivity contribution < 1.29 is 0 Å². The van der Waals surface area contributed by atoms with Gasteiger partial charge in [-0.05, 0) is 6.42 Å². The smallest absolute Gasteiger partial charge is 0.0346 e. The maximum atomic E-state index is 5.12. The molecule has 0 saturated carbocycles. The Kier molecular flexibility index (Phi) is 4.89. The van der Waals surface area contributed by atoms with Gasteiger partial charge in [-0.15, -0.1) is 0 Å². The number of rotatable bonds is 4. The van der Waals surface area contributed by atoms with Gasteiger partial charge in [-0.25, -0.2) is 0 Å². The predicted octanol–water partition coefficient (Wildman–Crippen LogP) is -1.31. The van der Waals surface area contributed by atoms with Gasteiger partial charge in [-0.3, -0.25) is 22.5 Å². The first-order valence-corrected chi connectivity index (χ1v) is 2.74. The largest absolute Gasteiger partial charge is 0.271 e. The van der Waals surface area contributed by atoms with Crippen LogP contribution in [0.25, 0.3) is 0 Å². The Balaban J connectivity index is 3.07. The molecule has 8 heavy (non-hydrogen) atoms. The molecule has 6 N–H and O–H groups in total. The summed E-state index contributed by atoms with van der Waals surface area (Å²) in [6.07, 6.45) is 0.987. The zero-order valence-corrected chi connectivity index (χ0v) is 5.15. The molecule has 0 aromatic heterocycles. The molecule has 0 amide bonds. The minimum Gasteiger partial charge on any atom is -0.271 e. The molecular weight excluding hydrogens is 104 g/mol. The van der Waals surface area contributed by atoms with E-state index in [4.69, 9.17) is 11.7 Å². The minimum atomic E-state index is 0.292. The molecule has 0 spiro atoms. The molecule has 0 aromatic rings. The van der Waals surface area contributed by atoms with Crippen molar-refractivity contribution in [3.05, 3.63) is 0 Å². The zero-order valence-electron chi connectivity index (χ0n) is 5.15. The predicted molar refractivity (Wildman–Crippen MR) is 33.6 cm³/mol. The Labute approximate surface area is 49.6 Å². The molecule has 1 atom stereocenters. The van der Waals surface area contributed by atoms with Crippen LogP contribution in [0.15, 0.2) is 0 Å². The van der Waals surface area contributed by atoms with Crippen LogP contribution in [0.5, 0.6) is 0 Å². The second kappa shape index (κ2) is 4.99. The van der Waals surface area contributed by atoms with Crippen LogP contribution < -0.4 is 22.5 Å². The van der Waals surface area contributed by atoms with Crippen LogP contribution in [0.3, 0.4) is 0 Å². The van der Waals surface area contributed by atoms with Crippen LogP contribution in [0.4, 0.5) is 0 Å². The van der Waals surface area contributed by atoms with Gasteiger partial charge in [0.2, 0.25) is 0 Å². The molecule has 0 aromatic carbocycles. The van der Waals surface area contributed by atoms with Crippen molar-refractivity contribution in [1.29, 1.82) is 0 Å². The maximum absolute atomic E-state index is 5.12. The van der Waals surface area contributed by atoms with E-state index in [9.17, 15) is 0 Å². The fourth-order valence-corrected chi connectivity index (χ4v) is 0.463. The van der Waals surface area contributed by atoms with E-state index in [0.717, 1.165) is 6.42 Å². The number of hydrogen-bond acceptors (Lipinski definition) is 4. The van der Waals surface area contributed by atoms with E-state index in [1.807, 2.05) is 6.92 Å². The topological polar surface area (TPSA) is 76.1 Å². The van der Waals surface area contributed by atoms with Crippen LogP contribution in [-0.2, 0) is 0 Å². The van der Waals surface area contributed by atoms with Gasteiger partial charge < -0.3 is 0 Å². The highest BCUT2D eigenvalue weighted by atomic mass is 15.3. The van der Waals surface area contributed by atoms with Crippen molar-refractivity contribution in [3.8, 4) is 0 Å². The summed E-state index contributed by atoms with van der Waals surface area (Å²) in [7, 11) is 0. The number of hydrogen-bond donors (Lipinski definition) is 4. The SMILES string of the molecule is CCC(CNN)NN. The fraction of sp³-hybridized carbons (Fsp3) is 1.00. The molecule has 50 valence electrons. The monoisotopic (exact) mass is 118 g/mol. The summed E-state index contributed by atoms with van der Waals surface area (Å²) >= 11 is 0. The van der Waals surface area contributed by atoms with E-state index in [1.54, 1.807) is 0 Å². The first kappa shape index (κ1) is 7.84. The second-order valence-electron chi connectivity index (χ2n) is 1.68. The van der Waals surface area contributed by atoms with E-state index in [2.05, 4.69) is 10.9 Å². The first-order chi connectivity index (χ1) is 3.85. The van der Waals surface area contributed by atoms with Gasteiger partial charge in [0.1, 0.15) is 0 Å². The van der Waals surface area contributed by atoms with Gasteiger partial charge in [-0.2, -0.15) is 0 Å². The highest BCUT2D eigenvalue weighted by Crippen LogP contribution is 1.82. The first-order valence-electron chi connectivity index (χ1n) is 2.74. The molecule has 0 bridgehead atoms. The van der Waals surface area contributed by atoms with Gasteiger partial charge in [0.05, 0.1) is 0 Å². The third-order valence-corrected chi connectivity index (χ3v) is 1.09. The highest BCUT2D eigenvalue weighted by Gasteiger charge is 1.98. The molecule has 0 radical (unpaired) electrons. The van der Waals surface area contributed by atoms with Crippen LogP contribution in [-0.4, -0.2) is 12.6 Å². The van der Waals surface area contributed by atoms with E-state index >= 15 is 0 Å². The number of nitrogens with two attached hydrogens (primary N) is 2. The summed E-state index contributed by atoms with van der Waals surface area (Å²) < 4.78 is 0. The van der Waals surface area contributed by atoms with Gasteiger partial charge >= 0.3 is 0 Å². The Morgan fingerprint density at radius 1 is 1.50 bits per heavy atom. The third kappa shape index (κ3) is 2.92. The van der Waals surface area contributed by atoms with Crippen LogP contribution in [0.1, 0.15) is 13.3 Å². The molecule has 0 heterocycles. The van der Waals surface area contributed by atoms with Gasteiger partial charge in [0.15, 0.2) is 0 Å². The standard InChI is InChI=1S/C4H14N4/c1-2-4(8-6)3-7-5/h4,7-8H,2-3,5-6H2,1H3. The van der Waals surface area contributed by atoms with Gasteiger partial charge in [0, 0.05) is 12.6 Å². The lowest BCUT2D eigenvalue weighted by Crippen LogP contribution is -2.44. The Morgan fingerprint density at radius 2 is 2.12 bits per heavy atom. The highest BCUT2D eigenvalue weighted by molar-refractivity contribution is 4.60. The summed E-state index contributed by atoms with van der Waals surface area (Å²) in [6, 6.07) is 0.292. The van der Waals surface area contributed by atoms with Gasteiger partial charge in [-0.1, -0.05) is 6.92 Å². The minimum absolute atomic E-state index is 0.292. The quantitative estimate of drug-likeness (QED) is 0.273. The Bertz CT molecular complexity index is 43.3. The summed E-state index contributed by atoms with van der Waals surface area (Å²) in [5, 5.41) is 0. The van der Waals surface area contributed by atoms with E-state index in [0.29, 0.717) is 12.6 Å².